The van der Waals surface area contributed by atoms with E-state index in [4.69, 9.17) is 22.1 Å². The maximum Gasteiger partial charge on any atom is 0.434 e. The first-order valence-electron chi connectivity index (χ1n) is 9.45. The molecule has 0 atom stereocenters. The molecule has 3 rings (SSSR count). The normalized spacial score (nSPS) is 11.8. The number of thiazole rings is 1. The van der Waals surface area contributed by atoms with Crippen LogP contribution in [0.1, 0.15) is 23.7 Å². The van der Waals surface area contributed by atoms with E-state index in [9.17, 15) is 18.0 Å². The van der Waals surface area contributed by atoms with E-state index in [0.717, 1.165) is 16.7 Å². The molecule has 0 fully saturated rings. The lowest BCUT2D eigenvalue weighted by Crippen LogP contribution is -2.28. The molecule has 3 aromatic rings. The Balaban J connectivity index is 2.27. The number of nitrogens with zero attached hydrogens (tertiary/aromatic N) is 4. The van der Waals surface area contributed by atoms with Gasteiger partial charge in [-0.05, 0) is 13.0 Å². The van der Waals surface area contributed by atoms with Crippen LogP contribution in [-0.4, -0.2) is 44.4 Å². The van der Waals surface area contributed by atoms with Gasteiger partial charge < -0.3 is 22.0 Å². The Labute approximate surface area is 194 Å². The van der Waals surface area contributed by atoms with Crippen molar-refractivity contribution in [3.05, 3.63) is 46.9 Å². The van der Waals surface area contributed by atoms with Crippen molar-refractivity contribution in [2.45, 2.75) is 13.1 Å². The molecule has 8 N–H and O–H groups in total. The van der Waals surface area contributed by atoms with Gasteiger partial charge in [0.15, 0.2) is 11.5 Å². The Morgan fingerprint density at radius 3 is 2.56 bits per heavy atom. The van der Waals surface area contributed by atoms with Gasteiger partial charge in [0.25, 0.3) is 0 Å². The summed E-state index contributed by atoms with van der Waals surface area (Å²) in [7, 11) is 0. The van der Waals surface area contributed by atoms with E-state index >= 15 is 0 Å². The number of alkyl halides is 3. The summed E-state index contributed by atoms with van der Waals surface area (Å²) < 4.78 is 39.6. The van der Waals surface area contributed by atoms with Crippen LogP contribution < -0.4 is 22.1 Å². The third-order valence-electron chi connectivity index (χ3n) is 4.40. The van der Waals surface area contributed by atoms with Crippen LogP contribution in [0, 0.1) is 5.41 Å². The molecule has 0 aromatic carbocycles. The van der Waals surface area contributed by atoms with E-state index in [1.807, 2.05) is 0 Å². The summed E-state index contributed by atoms with van der Waals surface area (Å²) in [6, 6.07) is 0.771. The number of carbonyl (C=O) groups is 1. The number of anilines is 1. The summed E-state index contributed by atoms with van der Waals surface area (Å²) in [4.78, 5) is 23.8. The van der Waals surface area contributed by atoms with Crippen LogP contribution >= 0.6 is 11.3 Å². The summed E-state index contributed by atoms with van der Waals surface area (Å²) in [5.74, 6) is -0.805. The zero-order chi connectivity index (χ0) is 25.0. The minimum absolute atomic E-state index is 0.0189. The molecule has 11 nitrogen and oxygen atoms in total. The molecule has 0 saturated carbocycles. The first-order valence-corrected chi connectivity index (χ1v) is 10.3. The van der Waals surface area contributed by atoms with Gasteiger partial charge in [0.1, 0.15) is 16.7 Å². The number of amidine groups is 2. The van der Waals surface area contributed by atoms with Crippen molar-refractivity contribution in [3.63, 3.8) is 0 Å². The lowest BCUT2D eigenvalue weighted by atomic mass is 9.95. The number of halogens is 3. The van der Waals surface area contributed by atoms with Gasteiger partial charge in [0.05, 0.1) is 0 Å². The number of nitrogens with two attached hydrogens (primary N) is 2. The van der Waals surface area contributed by atoms with Crippen molar-refractivity contribution in [1.29, 1.82) is 5.41 Å². The number of aromatic nitrogens is 3. The van der Waals surface area contributed by atoms with Gasteiger partial charge in [-0.2, -0.15) is 13.2 Å². The standard InChI is InChI=1S/C19H18F3N9O2S/c1-2-27-18(32)30-13-3-8(17-29-12(7-34-17)19(20,21)22)9(6-28-13)10-4-26-5-11(16(25)31-33)14(10)15(23)24/h3-7,33H,2H2,1H3,(H3,23,24)(H2,25,31)(H2,27,28,30,32). The molecule has 3 heterocycles. The number of rotatable bonds is 6. The second kappa shape index (κ2) is 9.70. The summed E-state index contributed by atoms with van der Waals surface area (Å²) in [6.07, 6.45) is -0.869. The zero-order valence-corrected chi connectivity index (χ0v) is 18.3. The van der Waals surface area contributed by atoms with E-state index in [1.54, 1.807) is 6.92 Å². The molecule has 0 aliphatic heterocycles. The van der Waals surface area contributed by atoms with E-state index in [1.165, 1.54) is 24.7 Å². The number of nitrogens with one attached hydrogen (secondary N) is 3. The van der Waals surface area contributed by atoms with Crippen molar-refractivity contribution in [1.82, 2.24) is 20.3 Å². The average Bonchev–Trinajstić information content (AvgIpc) is 3.29. The number of nitrogen functional groups attached to an aromatic ring is 1. The van der Waals surface area contributed by atoms with Crippen LogP contribution in [0.3, 0.4) is 0 Å². The summed E-state index contributed by atoms with van der Waals surface area (Å²) in [5, 5.41) is 25.8. The fraction of sp³-hybridized carbons (Fsp3) is 0.158. The fourth-order valence-electron chi connectivity index (χ4n) is 2.97. The predicted molar refractivity (Wildman–Crippen MR) is 120 cm³/mol. The first-order chi connectivity index (χ1) is 16.1. The van der Waals surface area contributed by atoms with Gasteiger partial charge in [-0.25, -0.2) is 14.8 Å². The van der Waals surface area contributed by atoms with Gasteiger partial charge in [0.2, 0.25) is 0 Å². The van der Waals surface area contributed by atoms with Crippen LogP contribution in [0.4, 0.5) is 23.8 Å². The first kappa shape index (κ1) is 24.4. The van der Waals surface area contributed by atoms with Crippen molar-refractivity contribution in [3.8, 4) is 21.7 Å². The molecule has 0 bridgehead atoms. The number of urea groups is 1. The number of amides is 2. The Morgan fingerprint density at radius 1 is 1.24 bits per heavy atom. The molecule has 0 aliphatic rings. The number of hydrogen-bond donors (Lipinski definition) is 6. The van der Waals surface area contributed by atoms with Gasteiger partial charge in [0, 0.05) is 58.3 Å². The Bertz CT molecular complexity index is 1270. The third kappa shape index (κ3) is 5.03. The molecule has 0 saturated heterocycles. The summed E-state index contributed by atoms with van der Waals surface area (Å²) in [5.41, 5.74) is 10.9. The molecular weight excluding hydrogens is 475 g/mol. The van der Waals surface area contributed by atoms with E-state index < -0.39 is 23.7 Å². The number of hydrogen-bond acceptors (Lipinski definition) is 8. The van der Waals surface area contributed by atoms with Gasteiger partial charge in [-0.15, -0.1) is 11.3 Å². The maximum atomic E-state index is 13.2. The number of oxime groups is 1. The highest BCUT2D eigenvalue weighted by Gasteiger charge is 2.34. The molecule has 34 heavy (non-hydrogen) atoms. The SMILES string of the molecule is CCNC(=O)Nc1cc(-c2nc(C(F)(F)F)cs2)c(-c2cncc(/C(N)=N/O)c2C(=N)N)cn1. The van der Waals surface area contributed by atoms with Gasteiger partial charge in [-0.1, -0.05) is 5.16 Å². The molecule has 0 spiro atoms. The van der Waals surface area contributed by atoms with Crippen LogP contribution in [0.5, 0.6) is 0 Å². The Hall–Kier alpha value is -4.27. The van der Waals surface area contributed by atoms with Crippen LogP contribution in [0.15, 0.2) is 35.2 Å². The quantitative estimate of drug-likeness (QED) is 0.132. The molecule has 0 unspecified atom stereocenters. The zero-order valence-electron chi connectivity index (χ0n) is 17.4. The van der Waals surface area contributed by atoms with Crippen LogP contribution in [0.25, 0.3) is 21.7 Å². The van der Waals surface area contributed by atoms with Gasteiger partial charge in [-0.3, -0.25) is 15.7 Å². The summed E-state index contributed by atoms with van der Waals surface area (Å²) in [6.45, 7) is 2.05. The van der Waals surface area contributed by atoms with Crippen LogP contribution in [-0.2, 0) is 6.18 Å². The minimum atomic E-state index is -4.66. The Morgan fingerprint density at radius 2 is 1.97 bits per heavy atom. The second-order valence-corrected chi connectivity index (χ2v) is 7.50. The second-order valence-electron chi connectivity index (χ2n) is 6.64. The highest BCUT2D eigenvalue weighted by atomic mass is 32.1. The topological polar surface area (TPSA) is 188 Å². The lowest BCUT2D eigenvalue weighted by Gasteiger charge is -2.15. The van der Waals surface area contributed by atoms with Gasteiger partial charge >= 0.3 is 12.2 Å². The van der Waals surface area contributed by atoms with Crippen molar-refractivity contribution < 1.29 is 23.2 Å². The van der Waals surface area contributed by atoms with E-state index in [-0.39, 0.29) is 44.5 Å². The maximum absolute atomic E-state index is 13.2. The smallest absolute Gasteiger partial charge is 0.409 e. The predicted octanol–water partition coefficient (Wildman–Crippen LogP) is 2.81. The van der Waals surface area contributed by atoms with Crippen molar-refractivity contribution in [2.24, 2.45) is 16.6 Å². The highest BCUT2D eigenvalue weighted by Crippen LogP contribution is 2.39. The fourth-order valence-corrected chi connectivity index (χ4v) is 3.82. The van der Waals surface area contributed by atoms with Crippen molar-refractivity contribution >= 4 is 34.9 Å². The molecule has 0 radical (unpaired) electrons. The molecule has 3 aromatic heterocycles. The molecule has 2 amide bonds. The molecular formula is C19H18F3N9O2S. The minimum Gasteiger partial charge on any atom is -0.409 e. The highest BCUT2D eigenvalue weighted by molar-refractivity contribution is 7.13. The lowest BCUT2D eigenvalue weighted by molar-refractivity contribution is -0.140. The molecule has 178 valence electrons. The average molecular weight is 493 g/mol. The monoisotopic (exact) mass is 493 g/mol. The number of pyridine rings is 2. The van der Waals surface area contributed by atoms with Crippen molar-refractivity contribution in [2.75, 3.05) is 11.9 Å². The van der Waals surface area contributed by atoms with E-state index in [0.29, 0.717) is 6.54 Å². The number of carbonyl (C=O) groups excluding carboxylic acids is 1. The molecule has 0 aliphatic carbocycles. The Kier molecular flexibility index (Phi) is 6.95. The van der Waals surface area contributed by atoms with Crippen LogP contribution in [0.2, 0.25) is 0 Å². The summed E-state index contributed by atoms with van der Waals surface area (Å²) >= 11 is 0.724. The third-order valence-corrected chi connectivity index (χ3v) is 5.27. The van der Waals surface area contributed by atoms with E-state index in [2.05, 4.69) is 30.7 Å². The largest absolute Gasteiger partial charge is 0.434 e. The molecule has 15 heteroatoms.